The highest BCUT2D eigenvalue weighted by atomic mass is 35.5. The number of nitrogens with zero attached hydrogens (tertiary/aromatic N) is 1. The second kappa shape index (κ2) is 8.46. The molecule has 0 aliphatic rings. The average Bonchev–Trinajstić information content (AvgIpc) is 3.04. The lowest BCUT2D eigenvalue weighted by atomic mass is 10.1. The molecule has 0 spiro atoms. The minimum Gasteiger partial charge on any atom is -0.480 e. The molecule has 0 fully saturated rings. The molecule has 1 aromatic heterocycles. The second-order valence-electron chi connectivity index (χ2n) is 7.04. The van der Waals surface area contributed by atoms with Crippen LogP contribution in [0.2, 0.25) is 5.02 Å². The topological polar surface area (TPSA) is 105 Å². The van der Waals surface area contributed by atoms with Crippen molar-refractivity contribution in [3.05, 3.63) is 64.3 Å². The standard InChI is InChI=1S/C22H19ClN2O5S/c1-4-14-9-18(23)17-11-20(25(3)19(17)10-14)22(28)24-13(2)15-5-7-16(8-6-15)31(29,30)12-21(26)27/h1,5-11,13H,12H2,2-3H3,(H,24,28)(H,26,27). The van der Waals surface area contributed by atoms with Crippen LogP contribution < -0.4 is 5.32 Å². The van der Waals surface area contributed by atoms with Gasteiger partial charge in [-0.05, 0) is 42.8 Å². The minimum atomic E-state index is -3.92. The third-order valence-corrected chi connectivity index (χ3v) is 6.84. The van der Waals surface area contributed by atoms with Gasteiger partial charge in [-0.3, -0.25) is 9.59 Å². The van der Waals surface area contributed by atoms with Crippen molar-refractivity contribution in [2.75, 3.05) is 5.75 Å². The summed E-state index contributed by atoms with van der Waals surface area (Å²) in [6.45, 7) is 1.75. The lowest BCUT2D eigenvalue weighted by molar-refractivity contribution is -0.134. The van der Waals surface area contributed by atoms with Gasteiger partial charge >= 0.3 is 5.97 Å². The Hall–Kier alpha value is -3.28. The van der Waals surface area contributed by atoms with Crippen LogP contribution in [-0.2, 0) is 21.7 Å². The number of terminal acetylenes is 1. The molecule has 0 saturated carbocycles. The molecule has 2 N–H and O–H groups in total. The molecule has 9 heteroatoms. The van der Waals surface area contributed by atoms with Crippen LogP contribution in [0.4, 0.5) is 0 Å². The fourth-order valence-corrected chi connectivity index (χ4v) is 4.56. The number of aliphatic carboxylic acids is 1. The summed E-state index contributed by atoms with van der Waals surface area (Å²) >= 11 is 6.29. The molecule has 0 radical (unpaired) electrons. The van der Waals surface area contributed by atoms with E-state index >= 15 is 0 Å². The van der Waals surface area contributed by atoms with Gasteiger partial charge in [-0.25, -0.2) is 8.42 Å². The number of rotatable bonds is 6. The Morgan fingerprint density at radius 3 is 2.45 bits per heavy atom. The zero-order chi connectivity index (χ0) is 22.9. The summed E-state index contributed by atoms with van der Waals surface area (Å²) in [5.41, 5.74) is 2.39. The lowest BCUT2D eigenvalue weighted by Crippen LogP contribution is -2.28. The summed E-state index contributed by atoms with van der Waals surface area (Å²) in [7, 11) is -2.18. The Labute approximate surface area is 184 Å². The Balaban J connectivity index is 1.83. The van der Waals surface area contributed by atoms with E-state index < -0.39 is 27.6 Å². The summed E-state index contributed by atoms with van der Waals surface area (Å²) in [6.07, 6.45) is 5.45. The third-order valence-electron chi connectivity index (χ3n) is 4.91. The maximum atomic E-state index is 12.9. The number of carbonyl (C=O) groups is 2. The molecule has 2 aromatic carbocycles. The Bertz CT molecular complexity index is 1330. The molecular weight excluding hydrogens is 440 g/mol. The van der Waals surface area contributed by atoms with Gasteiger partial charge in [0.05, 0.1) is 21.5 Å². The molecule has 0 aliphatic carbocycles. The number of benzene rings is 2. The van der Waals surface area contributed by atoms with Gasteiger partial charge in [0.25, 0.3) is 5.91 Å². The number of aromatic nitrogens is 1. The van der Waals surface area contributed by atoms with Crippen LogP contribution in [0.3, 0.4) is 0 Å². The van der Waals surface area contributed by atoms with Gasteiger partial charge in [-0.1, -0.05) is 29.7 Å². The van der Waals surface area contributed by atoms with Crippen LogP contribution in [0.5, 0.6) is 0 Å². The molecule has 0 saturated heterocycles. The van der Waals surface area contributed by atoms with Crippen molar-refractivity contribution in [3.8, 4) is 12.3 Å². The zero-order valence-electron chi connectivity index (χ0n) is 16.7. The van der Waals surface area contributed by atoms with Gasteiger partial charge in [0.15, 0.2) is 15.6 Å². The van der Waals surface area contributed by atoms with E-state index in [1.165, 1.54) is 24.3 Å². The van der Waals surface area contributed by atoms with Gasteiger partial charge in [0, 0.05) is 18.0 Å². The number of fused-ring (bicyclic) bond motifs is 1. The smallest absolute Gasteiger partial charge is 0.319 e. The highest BCUT2D eigenvalue weighted by molar-refractivity contribution is 7.92. The van der Waals surface area contributed by atoms with E-state index in [2.05, 4.69) is 11.2 Å². The van der Waals surface area contributed by atoms with E-state index in [0.717, 1.165) is 5.52 Å². The van der Waals surface area contributed by atoms with E-state index in [1.54, 1.807) is 36.7 Å². The van der Waals surface area contributed by atoms with Gasteiger partial charge < -0.3 is 15.0 Å². The van der Waals surface area contributed by atoms with E-state index in [1.807, 2.05) is 0 Å². The highest BCUT2D eigenvalue weighted by Gasteiger charge is 2.21. The number of amides is 1. The summed E-state index contributed by atoms with van der Waals surface area (Å²) < 4.78 is 25.7. The number of nitrogens with one attached hydrogen (secondary N) is 1. The number of carboxylic acid groups (broad SMARTS) is 1. The monoisotopic (exact) mass is 458 g/mol. The molecule has 7 nitrogen and oxygen atoms in total. The summed E-state index contributed by atoms with van der Waals surface area (Å²) in [4.78, 5) is 23.5. The number of carboxylic acids is 1. The van der Waals surface area contributed by atoms with Crippen molar-refractivity contribution in [1.82, 2.24) is 9.88 Å². The molecule has 0 bridgehead atoms. The maximum Gasteiger partial charge on any atom is 0.319 e. The van der Waals surface area contributed by atoms with Gasteiger partial charge in [-0.15, -0.1) is 6.42 Å². The first-order valence-corrected chi connectivity index (χ1v) is 11.2. The van der Waals surface area contributed by atoms with Crippen molar-refractivity contribution in [3.63, 3.8) is 0 Å². The van der Waals surface area contributed by atoms with Crippen molar-refractivity contribution in [2.24, 2.45) is 7.05 Å². The Morgan fingerprint density at radius 1 is 1.23 bits per heavy atom. The van der Waals surface area contributed by atoms with Crippen LogP contribution in [-0.4, -0.2) is 35.7 Å². The molecule has 3 rings (SSSR count). The normalized spacial score (nSPS) is 12.3. The molecule has 1 heterocycles. The van der Waals surface area contributed by atoms with E-state index in [0.29, 0.717) is 27.2 Å². The zero-order valence-corrected chi connectivity index (χ0v) is 18.3. The number of hydrogen-bond acceptors (Lipinski definition) is 4. The van der Waals surface area contributed by atoms with Crippen molar-refractivity contribution >= 4 is 44.2 Å². The third kappa shape index (κ3) is 4.58. The molecule has 1 unspecified atom stereocenters. The van der Waals surface area contributed by atoms with Crippen LogP contribution in [0, 0.1) is 12.3 Å². The molecule has 1 atom stereocenters. The molecule has 160 valence electrons. The van der Waals surface area contributed by atoms with Crippen LogP contribution in [0.1, 0.15) is 34.6 Å². The van der Waals surface area contributed by atoms with Gasteiger partial charge in [-0.2, -0.15) is 0 Å². The lowest BCUT2D eigenvalue weighted by Gasteiger charge is -2.15. The summed E-state index contributed by atoms with van der Waals surface area (Å²) in [6, 6.07) is 10.4. The van der Waals surface area contributed by atoms with Crippen LogP contribution >= 0.6 is 11.6 Å². The highest BCUT2D eigenvalue weighted by Crippen LogP contribution is 2.28. The van der Waals surface area contributed by atoms with Crippen molar-refractivity contribution < 1.29 is 23.1 Å². The van der Waals surface area contributed by atoms with E-state index in [-0.39, 0.29) is 10.8 Å². The number of aryl methyl sites for hydroxylation is 1. The van der Waals surface area contributed by atoms with Crippen molar-refractivity contribution in [1.29, 1.82) is 0 Å². The van der Waals surface area contributed by atoms with Gasteiger partial charge in [0.1, 0.15) is 5.69 Å². The van der Waals surface area contributed by atoms with Crippen LogP contribution in [0.25, 0.3) is 10.9 Å². The first-order valence-electron chi connectivity index (χ1n) is 9.14. The first kappa shape index (κ1) is 22.4. The Morgan fingerprint density at radius 2 is 1.87 bits per heavy atom. The molecular formula is C22H19ClN2O5S. The fourth-order valence-electron chi connectivity index (χ4n) is 3.25. The number of carbonyl (C=O) groups excluding carboxylic acids is 1. The quantitative estimate of drug-likeness (QED) is 0.552. The minimum absolute atomic E-state index is 0.0928. The van der Waals surface area contributed by atoms with E-state index in [4.69, 9.17) is 23.1 Å². The summed E-state index contributed by atoms with van der Waals surface area (Å²) in [5, 5.41) is 12.8. The maximum absolute atomic E-state index is 12.9. The van der Waals surface area contributed by atoms with E-state index in [9.17, 15) is 18.0 Å². The molecule has 0 aliphatic heterocycles. The number of hydrogen-bond donors (Lipinski definition) is 2. The summed E-state index contributed by atoms with van der Waals surface area (Å²) in [5.74, 6) is -0.214. The Kier molecular flexibility index (Phi) is 6.11. The predicted molar refractivity (Wildman–Crippen MR) is 118 cm³/mol. The first-order chi connectivity index (χ1) is 14.5. The average molecular weight is 459 g/mol. The second-order valence-corrected chi connectivity index (χ2v) is 9.44. The fraction of sp³-hybridized carbons (Fsp3) is 0.182. The molecule has 1 amide bonds. The number of sulfone groups is 1. The largest absolute Gasteiger partial charge is 0.480 e. The van der Waals surface area contributed by atoms with Gasteiger partial charge in [0.2, 0.25) is 0 Å². The SMILES string of the molecule is C#Cc1cc(Cl)c2cc(C(=O)NC(C)c3ccc(S(=O)(=O)CC(=O)O)cc3)n(C)c2c1. The number of halogens is 1. The van der Waals surface area contributed by atoms with Crippen molar-refractivity contribution in [2.45, 2.75) is 17.9 Å². The predicted octanol–water partition coefficient (Wildman–Crippen LogP) is 3.16. The molecule has 31 heavy (non-hydrogen) atoms. The molecule has 3 aromatic rings. The van der Waals surface area contributed by atoms with Crippen LogP contribution in [0.15, 0.2) is 47.4 Å².